The zero-order valence-corrected chi connectivity index (χ0v) is 15.2. The zero-order chi connectivity index (χ0) is 17.9. The van der Waals surface area contributed by atoms with Gasteiger partial charge in [0.15, 0.2) is 5.75 Å². The van der Waals surface area contributed by atoms with Crippen LogP contribution in [-0.4, -0.2) is 16.0 Å². The standard InChI is InChI=1S/C20H14N2O2S2/c23-18-17-16(8-4-10-21-17)26-19(18)20(24)22-12-14(15-9-5-11-25-15)13-6-2-1-3-7-13/h1-12,23H,(H,22,24)/b14-12-. The summed E-state index contributed by atoms with van der Waals surface area (Å²) in [5, 5.41) is 15.1. The second-order valence-electron chi connectivity index (χ2n) is 5.50. The van der Waals surface area contributed by atoms with Crippen molar-refractivity contribution >= 4 is 44.4 Å². The number of thiophene rings is 2. The predicted octanol–water partition coefficient (Wildman–Crippen LogP) is 4.88. The summed E-state index contributed by atoms with van der Waals surface area (Å²) < 4.78 is 0.778. The zero-order valence-electron chi connectivity index (χ0n) is 13.5. The molecule has 0 aliphatic heterocycles. The van der Waals surface area contributed by atoms with Crippen LogP contribution in [0.4, 0.5) is 0 Å². The normalized spacial score (nSPS) is 11.6. The number of nitrogens with one attached hydrogen (secondary N) is 1. The van der Waals surface area contributed by atoms with Crippen LogP contribution in [0.1, 0.15) is 20.1 Å². The fourth-order valence-corrected chi connectivity index (χ4v) is 4.34. The smallest absolute Gasteiger partial charge is 0.269 e. The molecule has 4 nitrogen and oxygen atoms in total. The maximum absolute atomic E-state index is 12.6. The van der Waals surface area contributed by atoms with Crippen LogP contribution < -0.4 is 5.32 Å². The summed E-state index contributed by atoms with van der Waals surface area (Å²) in [6.45, 7) is 0. The van der Waals surface area contributed by atoms with E-state index in [1.54, 1.807) is 29.8 Å². The van der Waals surface area contributed by atoms with Crippen LogP contribution in [0.5, 0.6) is 5.75 Å². The van der Waals surface area contributed by atoms with Crippen molar-refractivity contribution in [2.45, 2.75) is 0 Å². The highest BCUT2D eigenvalue weighted by atomic mass is 32.1. The summed E-state index contributed by atoms with van der Waals surface area (Å²) in [5.41, 5.74) is 2.39. The maximum Gasteiger partial charge on any atom is 0.269 e. The van der Waals surface area contributed by atoms with E-state index in [-0.39, 0.29) is 16.5 Å². The molecule has 0 aliphatic carbocycles. The molecule has 1 amide bonds. The Labute approximate surface area is 158 Å². The molecule has 26 heavy (non-hydrogen) atoms. The molecule has 1 aromatic carbocycles. The van der Waals surface area contributed by atoms with Crippen molar-refractivity contribution < 1.29 is 9.90 Å². The number of amides is 1. The van der Waals surface area contributed by atoms with Crippen LogP contribution in [0.25, 0.3) is 15.8 Å². The molecule has 6 heteroatoms. The predicted molar refractivity (Wildman–Crippen MR) is 107 cm³/mol. The van der Waals surface area contributed by atoms with E-state index in [1.807, 2.05) is 53.9 Å². The minimum Gasteiger partial charge on any atom is -0.504 e. The van der Waals surface area contributed by atoms with Crippen molar-refractivity contribution in [2.24, 2.45) is 0 Å². The van der Waals surface area contributed by atoms with Gasteiger partial charge in [-0.05, 0) is 29.1 Å². The number of rotatable bonds is 4. The number of nitrogens with zero attached hydrogens (tertiary/aromatic N) is 1. The molecule has 4 rings (SSSR count). The number of carbonyl (C=O) groups excluding carboxylic acids is 1. The summed E-state index contributed by atoms with van der Waals surface area (Å²) in [6, 6.07) is 17.5. The summed E-state index contributed by atoms with van der Waals surface area (Å²) in [4.78, 5) is 18.1. The molecule has 2 N–H and O–H groups in total. The molecular formula is C20H14N2O2S2. The molecule has 128 valence electrons. The summed E-state index contributed by atoms with van der Waals surface area (Å²) in [7, 11) is 0. The molecule has 4 aromatic rings. The Kier molecular flexibility index (Phi) is 4.51. The molecule has 0 spiro atoms. The Hall–Kier alpha value is -2.96. The Balaban J connectivity index is 1.67. The van der Waals surface area contributed by atoms with Crippen LogP contribution in [-0.2, 0) is 0 Å². The molecule has 0 atom stereocenters. The Morgan fingerprint density at radius 1 is 1.08 bits per heavy atom. The van der Waals surface area contributed by atoms with Gasteiger partial charge in [0, 0.05) is 22.8 Å². The van der Waals surface area contributed by atoms with Crippen LogP contribution >= 0.6 is 22.7 Å². The van der Waals surface area contributed by atoms with Crippen LogP contribution in [0, 0.1) is 0 Å². The summed E-state index contributed by atoms with van der Waals surface area (Å²) in [5.74, 6) is -0.427. The molecular weight excluding hydrogens is 364 g/mol. The second-order valence-corrected chi connectivity index (χ2v) is 7.50. The van der Waals surface area contributed by atoms with E-state index in [4.69, 9.17) is 0 Å². The minimum absolute atomic E-state index is 0.0751. The van der Waals surface area contributed by atoms with E-state index in [0.717, 1.165) is 20.7 Å². The van der Waals surface area contributed by atoms with E-state index >= 15 is 0 Å². The number of aromatic nitrogens is 1. The third-order valence-corrected chi connectivity index (χ3v) is 5.88. The molecule has 0 saturated heterocycles. The lowest BCUT2D eigenvalue weighted by atomic mass is 10.1. The minimum atomic E-state index is -0.351. The molecule has 0 unspecified atom stereocenters. The van der Waals surface area contributed by atoms with E-state index in [1.165, 1.54) is 11.3 Å². The highest BCUT2D eigenvalue weighted by molar-refractivity contribution is 7.21. The molecule has 3 aromatic heterocycles. The monoisotopic (exact) mass is 378 g/mol. The van der Waals surface area contributed by atoms with Crippen LogP contribution in [0.15, 0.2) is 72.4 Å². The average Bonchev–Trinajstić information content (AvgIpc) is 3.32. The van der Waals surface area contributed by atoms with Gasteiger partial charge in [0.05, 0.1) is 4.70 Å². The van der Waals surface area contributed by atoms with Gasteiger partial charge in [-0.1, -0.05) is 36.4 Å². The number of hydrogen-bond donors (Lipinski definition) is 2. The Morgan fingerprint density at radius 2 is 1.92 bits per heavy atom. The van der Waals surface area contributed by atoms with Gasteiger partial charge < -0.3 is 10.4 Å². The highest BCUT2D eigenvalue weighted by Crippen LogP contribution is 2.35. The first-order valence-electron chi connectivity index (χ1n) is 7.91. The Bertz CT molecular complexity index is 1080. The van der Waals surface area contributed by atoms with Crippen LogP contribution in [0.2, 0.25) is 0 Å². The van der Waals surface area contributed by atoms with Crippen molar-refractivity contribution in [1.82, 2.24) is 10.3 Å². The van der Waals surface area contributed by atoms with E-state index in [9.17, 15) is 9.90 Å². The van der Waals surface area contributed by atoms with Gasteiger partial charge in [0.2, 0.25) is 0 Å². The maximum atomic E-state index is 12.6. The number of carbonyl (C=O) groups is 1. The molecule has 0 saturated carbocycles. The van der Waals surface area contributed by atoms with E-state index < -0.39 is 0 Å². The van der Waals surface area contributed by atoms with Gasteiger partial charge in [0.25, 0.3) is 5.91 Å². The van der Waals surface area contributed by atoms with Crippen molar-refractivity contribution in [1.29, 1.82) is 0 Å². The molecule has 3 heterocycles. The molecule has 0 fully saturated rings. The first-order chi connectivity index (χ1) is 12.7. The van der Waals surface area contributed by atoms with Crippen molar-refractivity contribution in [2.75, 3.05) is 0 Å². The molecule has 0 radical (unpaired) electrons. The largest absolute Gasteiger partial charge is 0.504 e. The van der Waals surface area contributed by atoms with Gasteiger partial charge in [-0.25, -0.2) is 0 Å². The van der Waals surface area contributed by atoms with Crippen LogP contribution in [0.3, 0.4) is 0 Å². The average molecular weight is 378 g/mol. The van der Waals surface area contributed by atoms with Gasteiger partial charge in [0.1, 0.15) is 10.4 Å². The third kappa shape index (κ3) is 3.12. The fourth-order valence-electron chi connectivity index (χ4n) is 2.62. The van der Waals surface area contributed by atoms with Gasteiger partial charge in [-0.2, -0.15) is 0 Å². The number of hydrogen-bond acceptors (Lipinski definition) is 5. The SMILES string of the molecule is O=C(N/C=C(/c1ccccc1)c1cccs1)c1sc2cccnc2c1O. The van der Waals surface area contributed by atoms with Gasteiger partial charge in [-0.3, -0.25) is 9.78 Å². The fraction of sp³-hybridized carbons (Fsp3) is 0. The highest BCUT2D eigenvalue weighted by Gasteiger charge is 2.18. The lowest BCUT2D eigenvalue weighted by Gasteiger charge is -2.07. The quantitative estimate of drug-likeness (QED) is 0.532. The van der Waals surface area contributed by atoms with E-state index in [0.29, 0.717) is 5.52 Å². The van der Waals surface area contributed by atoms with Crippen molar-refractivity contribution in [3.05, 3.63) is 87.7 Å². The number of fused-ring (bicyclic) bond motifs is 1. The first-order valence-corrected chi connectivity index (χ1v) is 9.60. The molecule has 0 aliphatic rings. The topological polar surface area (TPSA) is 62.2 Å². The molecule has 0 bridgehead atoms. The summed E-state index contributed by atoms with van der Waals surface area (Å²) in [6.07, 6.45) is 3.29. The lowest BCUT2D eigenvalue weighted by Crippen LogP contribution is -2.16. The van der Waals surface area contributed by atoms with Crippen molar-refractivity contribution in [3.63, 3.8) is 0 Å². The van der Waals surface area contributed by atoms with E-state index in [2.05, 4.69) is 10.3 Å². The third-order valence-electron chi connectivity index (χ3n) is 3.85. The number of pyridine rings is 1. The van der Waals surface area contributed by atoms with Gasteiger partial charge >= 0.3 is 0 Å². The summed E-state index contributed by atoms with van der Waals surface area (Å²) >= 11 is 2.83. The van der Waals surface area contributed by atoms with Crippen molar-refractivity contribution in [3.8, 4) is 5.75 Å². The number of aromatic hydroxyl groups is 1. The first kappa shape index (κ1) is 16.5. The number of benzene rings is 1. The second kappa shape index (κ2) is 7.11. The Morgan fingerprint density at radius 3 is 2.65 bits per heavy atom. The van der Waals surface area contributed by atoms with Gasteiger partial charge in [-0.15, -0.1) is 22.7 Å². The lowest BCUT2D eigenvalue weighted by molar-refractivity contribution is 0.0972.